The fourth-order valence-corrected chi connectivity index (χ4v) is 1.43. The summed E-state index contributed by atoms with van der Waals surface area (Å²) in [7, 11) is 1.32. The number of H-pyrrole nitrogens is 1. The molecule has 0 fully saturated rings. The van der Waals surface area contributed by atoms with Gasteiger partial charge in [0, 0.05) is 0 Å². The average molecular weight is 287 g/mol. The van der Waals surface area contributed by atoms with Crippen LogP contribution in [0.3, 0.4) is 0 Å². The number of rotatable bonds is 4. The van der Waals surface area contributed by atoms with Crippen molar-refractivity contribution in [2.24, 2.45) is 5.10 Å². The van der Waals surface area contributed by atoms with E-state index >= 15 is 0 Å². The number of aryl methyl sites for hydroxylation is 1. The first-order valence-electron chi connectivity index (χ1n) is 6.01. The third-order valence-electron chi connectivity index (χ3n) is 2.58. The fraction of sp³-hybridized carbons (Fsp3) is 0.154. The number of ether oxygens (including phenoxy) is 1. The summed E-state index contributed by atoms with van der Waals surface area (Å²) in [6, 6.07) is 6.67. The largest absolute Gasteiger partial charge is 0.465 e. The van der Waals surface area contributed by atoms with Crippen LogP contribution in [0.25, 0.3) is 0 Å². The highest BCUT2D eigenvalue weighted by molar-refractivity contribution is 5.90. The molecule has 2 N–H and O–H groups in total. The number of methoxy groups -OCH3 is 1. The molecule has 0 spiro atoms. The van der Waals surface area contributed by atoms with Crippen LogP contribution < -0.4 is 11.0 Å². The Balaban J connectivity index is 2.02. The van der Waals surface area contributed by atoms with Gasteiger partial charge in [-0.3, -0.25) is 9.78 Å². The molecule has 0 aliphatic rings. The quantitative estimate of drug-likeness (QED) is 0.487. The summed E-state index contributed by atoms with van der Waals surface area (Å²) in [5.41, 5.74) is 3.73. The zero-order valence-electron chi connectivity index (χ0n) is 11.5. The summed E-state index contributed by atoms with van der Waals surface area (Å²) in [5.74, 6) is -0.253. The molecule has 0 radical (unpaired) electrons. The van der Waals surface area contributed by atoms with Gasteiger partial charge in [-0.2, -0.15) is 5.10 Å². The molecular weight excluding hydrogens is 274 g/mol. The van der Waals surface area contributed by atoms with Crippen LogP contribution >= 0.6 is 0 Å². The Morgan fingerprint density at radius 3 is 2.67 bits per heavy atom. The Morgan fingerprint density at radius 2 is 2.05 bits per heavy atom. The molecule has 0 atom stereocenters. The molecule has 0 saturated heterocycles. The van der Waals surface area contributed by atoms with Crippen molar-refractivity contribution in [1.82, 2.24) is 15.2 Å². The second-order valence-corrected chi connectivity index (χ2v) is 4.07. The van der Waals surface area contributed by atoms with Gasteiger partial charge < -0.3 is 4.74 Å². The van der Waals surface area contributed by atoms with Crippen LogP contribution in [0, 0.1) is 6.92 Å². The zero-order chi connectivity index (χ0) is 15.2. The van der Waals surface area contributed by atoms with Crippen LogP contribution in [0.4, 0.5) is 5.95 Å². The SMILES string of the molecule is COC(=O)c1ccc(/C=N/Nc2nnc(C)c(=O)[nH]2)cc1. The first-order valence-corrected chi connectivity index (χ1v) is 6.01. The molecule has 0 unspecified atom stereocenters. The Morgan fingerprint density at radius 1 is 1.33 bits per heavy atom. The van der Waals surface area contributed by atoms with Gasteiger partial charge in [0.25, 0.3) is 5.56 Å². The normalized spacial score (nSPS) is 10.6. The lowest BCUT2D eigenvalue weighted by atomic mass is 10.1. The van der Waals surface area contributed by atoms with E-state index in [1.54, 1.807) is 31.2 Å². The van der Waals surface area contributed by atoms with E-state index in [1.807, 2.05) is 0 Å². The number of hydrazone groups is 1. The number of carbonyl (C=O) groups excluding carboxylic acids is 1. The lowest BCUT2D eigenvalue weighted by molar-refractivity contribution is 0.0600. The Labute approximate surface area is 119 Å². The maximum Gasteiger partial charge on any atom is 0.337 e. The van der Waals surface area contributed by atoms with Crippen molar-refractivity contribution >= 4 is 18.1 Å². The van der Waals surface area contributed by atoms with Crippen LogP contribution in [0.2, 0.25) is 0 Å². The molecule has 1 aromatic carbocycles. The maximum absolute atomic E-state index is 11.3. The molecule has 0 aliphatic heterocycles. The minimum Gasteiger partial charge on any atom is -0.465 e. The van der Waals surface area contributed by atoms with Gasteiger partial charge in [-0.15, -0.1) is 10.2 Å². The highest BCUT2D eigenvalue weighted by atomic mass is 16.5. The van der Waals surface area contributed by atoms with Crippen molar-refractivity contribution in [2.75, 3.05) is 12.5 Å². The molecule has 2 aromatic rings. The molecule has 8 nitrogen and oxygen atoms in total. The molecule has 1 heterocycles. The highest BCUT2D eigenvalue weighted by Crippen LogP contribution is 2.04. The van der Waals surface area contributed by atoms with Gasteiger partial charge in [-0.25, -0.2) is 10.2 Å². The second-order valence-electron chi connectivity index (χ2n) is 4.07. The number of nitrogens with one attached hydrogen (secondary N) is 2. The van der Waals surface area contributed by atoms with Crippen LogP contribution in [0.1, 0.15) is 21.6 Å². The summed E-state index contributed by atoms with van der Waals surface area (Å²) in [6.45, 7) is 1.56. The summed E-state index contributed by atoms with van der Waals surface area (Å²) in [5, 5.41) is 11.3. The fourth-order valence-electron chi connectivity index (χ4n) is 1.43. The first-order chi connectivity index (χ1) is 10.1. The van der Waals surface area contributed by atoms with E-state index < -0.39 is 5.97 Å². The van der Waals surface area contributed by atoms with Crippen LogP contribution in [-0.4, -0.2) is 34.5 Å². The molecule has 21 heavy (non-hydrogen) atoms. The van der Waals surface area contributed by atoms with E-state index in [-0.39, 0.29) is 17.2 Å². The molecule has 2 rings (SSSR count). The second kappa shape index (κ2) is 6.42. The molecule has 0 amide bonds. The molecule has 1 aromatic heterocycles. The van der Waals surface area contributed by atoms with Crippen molar-refractivity contribution in [1.29, 1.82) is 0 Å². The van der Waals surface area contributed by atoms with Crippen LogP contribution in [-0.2, 0) is 4.74 Å². The van der Waals surface area contributed by atoms with Gasteiger partial charge in [-0.1, -0.05) is 12.1 Å². The van der Waals surface area contributed by atoms with E-state index in [4.69, 9.17) is 0 Å². The van der Waals surface area contributed by atoms with Gasteiger partial charge in [0.2, 0.25) is 5.95 Å². The molecule has 108 valence electrons. The summed E-state index contributed by atoms with van der Waals surface area (Å²) in [6.07, 6.45) is 1.51. The average Bonchev–Trinajstić information content (AvgIpc) is 2.51. The third-order valence-corrected chi connectivity index (χ3v) is 2.58. The van der Waals surface area contributed by atoms with Gasteiger partial charge in [0.05, 0.1) is 18.9 Å². The predicted octanol–water partition coefficient (Wildman–Crippen LogP) is 0.706. The van der Waals surface area contributed by atoms with Gasteiger partial charge >= 0.3 is 5.97 Å². The van der Waals surface area contributed by atoms with Crippen LogP contribution in [0.5, 0.6) is 0 Å². The van der Waals surface area contributed by atoms with E-state index in [0.717, 1.165) is 5.56 Å². The Hall–Kier alpha value is -3.03. The highest BCUT2D eigenvalue weighted by Gasteiger charge is 2.03. The summed E-state index contributed by atoms with van der Waals surface area (Å²) < 4.78 is 4.60. The van der Waals surface area contributed by atoms with Gasteiger partial charge in [0.15, 0.2) is 0 Å². The predicted molar refractivity (Wildman–Crippen MR) is 76.4 cm³/mol. The van der Waals surface area contributed by atoms with Gasteiger partial charge in [0.1, 0.15) is 5.69 Å². The molecule has 0 bridgehead atoms. The number of aromatic amines is 1. The zero-order valence-corrected chi connectivity index (χ0v) is 11.5. The number of hydrogen-bond donors (Lipinski definition) is 2. The van der Waals surface area contributed by atoms with Crippen LogP contribution in [0.15, 0.2) is 34.2 Å². The first kappa shape index (κ1) is 14.4. The number of nitrogens with zero attached hydrogens (tertiary/aromatic N) is 3. The monoisotopic (exact) mass is 287 g/mol. The van der Waals surface area contributed by atoms with Crippen molar-refractivity contribution in [3.05, 3.63) is 51.4 Å². The van der Waals surface area contributed by atoms with E-state index in [1.165, 1.54) is 13.3 Å². The summed E-state index contributed by atoms with van der Waals surface area (Å²) >= 11 is 0. The molecule has 0 aliphatic carbocycles. The number of benzene rings is 1. The Kier molecular flexibility index (Phi) is 4.39. The van der Waals surface area contributed by atoms with Crippen molar-refractivity contribution in [3.63, 3.8) is 0 Å². The summed E-state index contributed by atoms with van der Waals surface area (Å²) in [4.78, 5) is 25.1. The molecule has 0 saturated carbocycles. The minimum atomic E-state index is -0.399. The van der Waals surface area contributed by atoms with E-state index in [2.05, 4.69) is 30.4 Å². The standard InChI is InChI=1S/C13H13N5O3/c1-8-11(19)15-13(18-16-8)17-14-7-9-3-5-10(6-4-9)12(20)21-2/h3-7H,1-2H3,(H2,15,17,18,19)/b14-7+. The Bertz CT molecular complexity index is 721. The number of carbonyl (C=O) groups is 1. The minimum absolute atomic E-state index is 0.146. The molecule has 8 heteroatoms. The van der Waals surface area contributed by atoms with Crippen molar-refractivity contribution in [2.45, 2.75) is 6.92 Å². The topological polar surface area (TPSA) is 109 Å². The molecular formula is C13H13N5O3. The number of esters is 1. The lowest BCUT2D eigenvalue weighted by Crippen LogP contribution is -2.15. The van der Waals surface area contributed by atoms with E-state index in [0.29, 0.717) is 5.56 Å². The maximum atomic E-state index is 11.3. The number of anilines is 1. The van der Waals surface area contributed by atoms with Crippen molar-refractivity contribution in [3.8, 4) is 0 Å². The third kappa shape index (κ3) is 3.72. The van der Waals surface area contributed by atoms with Gasteiger partial charge in [-0.05, 0) is 24.6 Å². The lowest BCUT2D eigenvalue weighted by Gasteiger charge is -2.00. The number of aromatic nitrogens is 3. The van der Waals surface area contributed by atoms with Crippen molar-refractivity contribution < 1.29 is 9.53 Å². The smallest absolute Gasteiger partial charge is 0.337 e. The number of hydrogen-bond acceptors (Lipinski definition) is 7. The van der Waals surface area contributed by atoms with E-state index in [9.17, 15) is 9.59 Å².